The number of aryl methyl sites for hydroxylation is 2. The third-order valence-electron chi connectivity index (χ3n) is 5.09. The second-order valence-corrected chi connectivity index (χ2v) is 7.70. The molecule has 0 bridgehead atoms. The molecule has 1 aliphatic heterocycles. The van der Waals surface area contributed by atoms with E-state index in [1.54, 1.807) is 11.2 Å². The molecule has 7 heteroatoms. The summed E-state index contributed by atoms with van der Waals surface area (Å²) in [5.74, 6) is 1.05. The molecule has 0 unspecified atom stereocenters. The third-order valence-corrected chi connectivity index (χ3v) is 6.29. The second-order valence-electron chi connectivity index (χ2n) is 6.61. The summed E-state index contributed by atoms with van der Waals surface area (Å²) in [5.41, 5.74) is 1.47. The van der Waals surface area contributed by atoms with Crippen LogP contribution in [0, 0.1) is 0 Å². The standard InChI is InChI=1S/C18H24N4O2S/c1-2-24-18(23)22-10-8-21(9-11-22)16-15-13-6-4-3-5-7-14(13)25-17(15)20-12-19-16/h12H,2-11H2,1H3. The molecular formula is C18H24N4O2S. The molecule has 2 aromatic heterocycles. The fourth-order valence-electron chi connectivity index (χ4n) is 3.81. The maximum atomic E-state index is 11.9. The lowest BCUT2D eigenvalue weighted by molar-refractivity contribution is 0.105. The molecule has 6 nitrogen and oxygen atoms in total. The van der Waals surface area contributed by atoms with E-state index in [9.17, 15) is 4.79 Å². The lowest BCUT2D eigenvalue weighted by Gasteiger charge is -2.35. The molecule has 3 heterocycles. The van der Waals surface area contributed by atoms with E-state index in [1.807, 2.05) is 18.3 Å². The quantitative estimate of drug-likeness (QED) is 0.770. The van der Waals surface area contributed by atoms with E-state index >= 15 is 0 Å². The maximum Gasteiger partial charge on any atom is 0.409 e. The first-order chi connectivity index (χ1) is 12.3. The van der Waals surface area contributed by atoms with E-state index in [-0.39, 0.29) is 6.09 Å². The van der Waals surface area contributed by atoms with E-state index in [2.05, 4.69) is 14.9 Å². The minimum Gasteiger partial charge on any atom is -0.450 e. The van der Waals surface area contributed by atoms with Crippen LogP contribution in [-0.4, -0.2) is 53.7 Å². The van der Waals surface area contributed by atoms with Gasteiger partial charge in [0.05, 0.1) is 12.0 Å². The van der Waals surface area contributed by atoms with Crippen molar-refractivity contribution in [1.82, 2.24) is 14.9 Å². The van der Waals surface area contributed by atoms with Crippen molar-refractivity contribution in [1.29, 1.82) is 0 Å². The van der Waals surface area contributed by atoms with Gasteiger partial charge in [-0.25, -0.2) is 14.8 Å². The van der Waals surface area contributed by atoms with Crippen molar-refractivity contribution in [3.8, 4) is 0 Å². The fourth-order valence-corrected chi connectivity index (χ4v) is 5.03. The van der Waals surface area contributed by atoms with Gasteiger partial charge in [-0.15, -0.1) is 11.3 Å². The summed E-state index contributed by atoms with van der Waals surface area (Å²) in [6, 6.07) is 0. The topological polar surface area (TPSA) is 58.6 Å². The Labute approximate surface area is 151 Å². The Morgan fingerprint density at radius 1 is 1.16 bits per heavy atom. The van der Waals surface area contributed by atoms with Gasteiger partial charge in [-0.1, -0.05) is 6.42 Å². The van der Waals surface area contributed by atoms with E-state index < -0.39 is 0 Å². The Bertz CT molecular complexity index is 768. The van der Waals surface area contributed by atoms with Crippen molar-refractivity contribution in [3.05, 3.63) is 16.8 Å². The van der Waals surface area contributed by atoms with Crippen LogP contribution in [0.2, 0.25) is 0 Å². The third kappa shape index (κ3) is 3.17. The van der Waals surface area contributed by atoms with Crippen LogP contribution >= 0.6 is 11.3 Å². The van der Waals surface area contributed by atoms with E-state index in [0.29, 0.717) is 19.7 Å². The number of carbonyl (C=O) groups is 1. The zero-order chi connectivity index (χ0) is 17.2. The van der Waals surface area contributed by atoms with Gasteiger partial charge in [0, 0.05) is 31.1 Å². The smallest absolute Gasteiger partial charge is 0.409 e. The highest BCUT2D eigenvalue weighted by molar-refractivity contribution is 7.18. The largest absolute Gasteiger partial charge is 0.450 e. The summed E-state index contributed by atoms with van der Waals surface area (Å²) in [6.07, 6.45) is 7.63. The fraction of sp³-hybridized carbons (Fsp3) is 0.611. The average molecular weight is 360 g/mol. The number of rotatable bonds is 2. The van der Waals surface area contributed by atoms with Gasteiger partial charge in [-0.2, -0.15) is 0 Å². The number of thiophene rings is 1. The molecular weight excluding hydrogens is 336 g/mol. The van der Waals surface area contributed by atoms with Crippen molar-refractivity contribution < 1.29 is 9.53 Å². The molecule has 134 valence electrons. The second kappa shape index (κ2) is 7.15. The highest BCUT2D eigenvalue weighted by atomic mass is 32.1. The Hall–Kier alpha value is -1.89. The maximum absolute atomic E-state index is 11.9. The van der Waals surface area contributed by atoms with Gasteiger partial charge >= 0.3 is 6.09 Å². The summed E-state index contributed by atoms with van der Waals surface area (Å²) in [7, 11) is 0. The van der Waals surface area contributed by atoms with E-state index in [0.717, 1.165) is 30.2 Å². The molecule has 1 amide bonds. The van der Waals surface area contributed by atoms with Gasteiger partial charge in [0.15, 0.2) is 0 Å². The summed E-state index contributed by atoms with van der Waals surface area (Å²) >= 11 is 1.84. The van der Waals surface area contributed by atoms with Crippen molar-refractivity contribution in [2.24, 2.45) is 0 Å². The van der Waals surface area contributed by atoms with Crippen molar-refractivity contribution in [2.75, 3.05) is 37.7 Å². The van der Waals surface area contributed by atoms with Gasteiger partial charge < -0.3 is 14.5 Å². The lowest BCUT2D eigenvalue weighted by atomic mass is 10.1. The predicted octanol–water partition coefficient (Wildman–Crippen LogP) is 3.24. The molecule has 2 aromatic rings. The van der Waals surface area contributed by atoms with Crippen LogP contribution < -0.4 is 4.90 Å². The average Bonchev–Trinajstić information content (AvgIpc) is 2.83. The molecule has 0 N–H and O–H groups in total. The minimum atomic E-state index is -0.209. The van der Waals surface area contributed by atoms with Crippen LogP contribution in [0.1, 0.15) is 36.6 Å². The number of fused-ring (bicyclic) bond motifs is 3. The van der Waals surface area contributed by atoms with Gasteiger partial charge in [-0.05, 0) is 38.2 Å². The summed E-state index contributed by atoms with van der Waals surface area (Å²) in [5, 5.41) is 1.26. The number of nitrogens with zero attached hydrogens (tertiary/aromatic N) is 4. The summed E-state index contributed by atoms with van der Waals surface area (Å²) in [6.45, 7) is 5.19. The molecule has 1 aliphatic carbocycles. The van der Waals surface area contributed by atoms with Crippen LogP contribution in [0.3, 0.4) is 0 Å². The first kappa shape index (κ1) is 16.6. The Kier molecular flexibility index (Phi) is 4.74. The highest BCUT2D eigenvalue weighted by Gasteiger charge is 2.26. The molecule has 1 saturated heterocycles. The first-order valence-electron chi connectivity index (χ1n) is 9.20. The number of anilines is 1. The molecule has 0 spiro atoms. The first-order valence-corrected chi connectivity index (χ1v) is 10.0. The van der Waals surface area contributed by atoms with Crippen LogP contribution in [0.5, 0.6) is 0 Å². The van der Waals surface area contributed by atoms with E-state index in [4.69, 9.17) is 4.74 Å². The van der Waals surface area contributed by atoms with Crippen LogP contribution in [0.4, 0.5) is 10.6 Å². The van der Waals surface area contributed by atoms with Gasteiger partial charge in [0.25, 0.3) is 0 Å². The van der Waals surface area contributed by atoms with Gasteiger partial charge in [0.2, 0.25) is 0 Å². The zero-order valence-corrected chi connectivity index (χ0v) is 15.5. The molecule has 0 radical (unpaired) electrons. The molecule has 0 atom stereocenters. The normalized spacial score (nSPS) is 18.1. The number of hydrogen-bond acceptors (Lipinski definition) is 6. The predicted molar refractivity (Wildman–Crippen MR) is 99.5 cm³/mol. The Balaban J connectivity index is 1.60. The summed E-state index contributed by atoms with van der Waals surface area (Å²) in [4.78, 5) is 27.8. The molecule has 4 rings (SSSR count). The lowest BCUT2D eigenvalue weighted by Crippen LogP contribution is -2.49. The monoisotopic (exact) mass is 360 g/mol. The highest BCUT2D eigenvalue weighted by Crippen LogP contribution is 2.38. The Morgan fingerprint density at radius 2 is 1.96 bits per heavy atom. The molecule has 1 fully saturated rings. The van der Waals surface area contributed by atoms with Gasteiger partial charge in [0.1, 0.15) is 17.0 Å². The molecule has 0 aromatic carbocycles. The Morgan fingerprint density at radius 3 is 2.76 bits per heavy atom. The minimum absolute atomic E-state index is 0.209. The number of hydrogen-bond donors (Lipinski definition) is 0. The van der Waals surface area contributed by atoms with Crippen LogP contribution in [0.25, 0.3) is 10.2 Å². The van der Waals surface area contributed by atoms with Crippen molar-refractivity contribution in [3.63, 3.8) is 0 Å². The zero-order valence-electron chi connectivity index (χ0n) is 14.7. The number of carbonyl (C=O) groups excluding carboxylic acids is 1. The van der Waals surface area contributed by atoms with E-state index in [1.165, 1.54) is 41.5 Å². The molecule has 0 saturated carbocycles. The summed E-state index contributed by atoms with van der Waals surface area (Å²) < 4.78 is 5.11. The van der Waals surface area contributed by atoms with Crippen LogP contribution in [-0.2, 0) is 17.6 Å². The van der Waals surface area contributed by atoms with Crippen LogP contribution in [0.15, 0.2) is 6.33 Å². The van der Waals surface area contributed by atoms with Crippen molar-refractivity contribution >= 4 is 33.5 Å². The number of amides is 1. The number of ether oxygens (including phenoxy) is 1. The molecule has 25 heavy (non-hydrogen) atoms. The SMILES string of the molecule is CCOC(=O)N1CCN(c2ncnc3sc4c(c23)CCCCC4)CC1. The molecule has 2 aliphatic rings. The number of piperazine rings is 1. The number of aromatic nitrogens is 2. The van der Waals surface area contributed by atoms with Crippen molar-refractivity contribution in [2.45, 2.75) is 39.0 Å². The van der Waals surface area contributed by atoms with Gasteiger partial charge in [-0.3, -0.25) is 0 Å².